The van der Waals surface area contributed by atoms with Crippen LogP contribution in [0.15, 0.2) is 93.0 Å². The van der Waals surface area contributed by atoms with Crippen molar-refractivity contribution in [2.45, 2.75) is 18.7 Å². The van der Waals surface area contributed by atoms with E-state index in [1.807, 2.05) is 23.8 Å². The number of fused-ring (bicyclic) bond motifs is 1. The van der Waals surface area contributed by atoms with Crippen LogP contribution in [0.1, 0.15) is 19.4 Å². The molecule has 0 saturated carbocycles. The fourth-order valence-corrected chi connectivity index (χ4v) is 4.37. The van der Waals surface area contributed by atoms with Crippen LogP contribution in [0.4, 0.5) is 22.7 Å². The van der Waals surface area contributed by atoms with Gasteiger partial charge in [-0.25, -0.2) is 13.1 Å². The van der Waals surface area contributed by atoms with Crippen molar-refractivity contribution in [3.05, 3.63) is 88.6 Å². The summed E-state index contributed by atoms with van der Waals surface area (Å²) in [6, 6.07) is 17.5. The largest absolute Gasteiger partial charge is 0.359 e. The third-order valence-corrected chi connectivity index (χ3v) is 6.58. The van der Waals surface area contributed by atoms with Crippen molar-refractivity contribution in [2.24, 2.45) is 15.2 Å². The molecule has 12 heteroatoms. The predicted octanol–water partition coefficient (Wildman–Crippen LogP) is 5.46. The van der Waals surface area contributed by atoms with Gasteiger partial charge in [0.2, 0.25) is 5.91 Å². The molecule has 1 aromatic heterocycles. The molecule has 3 aromatic carbocycles. The molecule has 4 aromatic rings. The zero-order chi connectivity index (χ0) is 25.9. The molecule has 0 atom stereocenters. The van der Waals surface area contributed by atoms with Crippen molar-refractivity contribution in [1.82, 2.24) is 9.71 Å². The van der Waals surface area contributed by atoms with Gasteiger partial charge in [0.25, 0.3) is 15.7 Å². The maximum atomic E-state index is 12.1. The summed E-state index contributed by atoms with van der Waals surface area (Å²) in [7, 11) is -3.90. The van der Waals surface area contributed by atoms with E-state index in [9.17, 15) is 23.3 Å². The van der Waals surface area contributed by atoms with Crippen LogP contribution in [-0.4, -0.2) is 29.9 Å². The number of aromatic nitrogens is 1. The molecule has 0 aliphatic carbocycles. The molecular weight excluding hydrogens is 484 g/mol. The summed E-state index contributed by atoms with van der Waals surface area (Å²) in [5.41, 5.74) is 3.83. The lowest BCUT2D eigenvalue weighted by atomic mass is 10.1. The first-order chi connectivity index (χ1) is 17.1. The van der Waals surface area contributed by atoms with Crippen molar-refractivity contribution >= 4 is 55.3 Å². The molecule has 1 heterocycles. The number of nitrogens with one attached hydrogen (secondary N) is 2. The molecule has 4 rings (SSSR count). The quantitative estimate of drug-likeness (QED) is 0.148. The van der Waals surface area contributed by atoms with E-state index in [-0.39, 0.29) is 10.6 Å². The molecule has 0 spiro atoms. The van der Waals surface area contributed by atoms with E-state index in [1.54, 1.807) is 36.5 Å². The predicted molar refractivity (Wildman–Crippen MR) is 135 cm³/mol. The number of carbonyl (C=O) groups is 1. The lowest BCUT2D eigenvalue weighted by Gasteiger charge is -2.05. The average Bonchev–Trinajstić information content (AvgIpc) is 3.25. The molecular formula is C24H20N6O5S. The Morgan fingerprint density at radius 3 is 2.25 bits per heavy atom. The van der Waals surface area contributed by atoms with Gasteiger partial charge >= 0.3 is 0 Å². The Labute approximate surface area is 205 Å². The number of H-pyrrole nitrogens is 1. The monoisotopic (exact) mass is 504 g/mol. The van der Waals surface area contributed by atoms with Crippen LogP contribution in [0.2, 0.25) is 0 Å². The number of sulfonamides is 1. The van der Waals surface area contributed by atoms with E-state index in [0.717, 1.165) is 18.0 Å². The molecule has 11 nitrogen and oxygen atoms in total. The summed E-state index contributed by atoms with van der Waals surface area (Å²) in [5.74, 6) is -0.665. The Kier molecular flexibility index (Phi) is 6.70. The smallest absolute Gasteiger partial charge is 0.270 e. The zero-order valence-corrected chi connectivity index (χ0v) is 20.0. The van der Waals surface area contributed by atoms with E-state index in [2.05, 4.69) is 20.2 Å². The number of non-ortho nitro benzene ring substituents is 1. The van der Waals surface area contributed by atoms with Crippen molar-refractivity contribution in [1.29, 1.82) is 0 Å². The van der Waals surface area contributed by atoms with Gasteiger partial charge in [-0.15, -0.1) is 5.11 Å². The summed E-state index contributed by atoms with van der Waals surface area (Å²) < 4.78 is 26.0. The van der Waals surface area contributed by atoms with E-state index in [4.69, 9.17) is 0 Å². The fraction of sp³-hybridized carbons (Fsp3) is 0.0833. The molecule has 0 unspecified atom stereocenters. The highest BCUT2D eigenvalue weighted by molar-refractivity contribution is 7.90. The molecule has 0 radical (unpaired) electrons. The van der Waals surface area contributed by atoms with Gasteiger partial charge in [0.1, 0.15) is 5.69 Å². The Morgan fingerprint density at radius 1 is 0.944 bits per heavy atom. The minimum absolute atomic E-state index is 0.0262. The Bertz CT molecular complexity index is 1620. The van der Waals surface area contributed by atoms with Crippen LogP contribution in [0.25, 0.3) is 10.9 Å². The van der Waals surface area contributed by atoms with Crippen molar-refractivity contribution in [2.75, 3.05) is 0 Å². The van der Waals surface area contributed by atoms with Crippen molar-refractivity contribution < 1.29 is 18.1 Å². The van der Waals surface area contributed by atoms with E-state index < -0.39 is 20.9 Å². The number of rotatable bonds is 7. The van der Waals surface area contributed by atoms with Gasteiger partial charge in [0.05, 0.1) is 21.2 Å². The second-order valence-electron chi connectivity index (χ2n) is 7.76. The number of carbonyl (C=O) groups excluding carboxylic acids is 1. The van der Waals surface area contributed by atoms with Gasteiger partial charge in [0, 0.05) is 41.9 Å². The lowest BCUT2D eigenvalue weighted by molar-refractivity contribution is -0.384. The minimum Gasteiger partial charge on any atom is -0.359 e. The molecule has 36 heavy (non-hydrogen) atoms. The number of hydrogen-bond acceptors (Lipinski definition) is 8. The van der Waals surface area contributed by atoms with E-state index in [0.29, 0.717) is 28.2 Å². The molecule has 0 fully saturated rings. The molecule has 0 saturated heterocycles. The number of nitrogens with zero attached hydrogens (tertiary/aromatic N) is 4. The number of azo groups is 1. The lowest BCUT2D eigenvalue weighted by Crippen LogP contribution is -2.28. The minimum atomic E-state index is -3.90. The first-order valence-electron chi connectivity index (χ1n) is 10.6. The molecule has 0 bridgehead atoms. The molecule has 0 aliphatic heterocycles. The fourth-order valence-electron chi connectivity index (χ4n) is 3.38. The third kappa shape index (κ3) is 5.50. The number of aliphatic imine (C=N–C) groups is 1. The zero-order valence-electron chi connectivity index (χ0n) is 19.2. The summed E-state index contributed by atoms with van der Waals surface area (Å²) in [6.07, 6.45) is 1.63. The SMILES string of the molecule is CC(=O)NS(=O)(=O)c1ccc(N=C(C)c2ccc(N=Nc3c[nH]c4ccc([N+](=O)[O-])cc34)cc2)cc1. The number of nitro benzene ring substituents is 1. The van der Waals surface area contributed by atoms with Crippen LogP contribution in [-0.2, 0) is 14.8 Å². The van der Waals surface area contributed by atoms with Gasteiger partial charge in [-0.3, -0.25) is 19.9 Å². The second-order valence-corrected chi connectivity index (χ2v) is 9.44. The normalized spacial score (nSPS) is 12.2. The number of benzene rings is 3. The van der Waals surface area contributed by atoms with Gasteiger partial charge in [-0.1, -0.05) is 12.1 Å². The number of aromatic amines is 1. The molecule has 2 N–H and O–H groups in total. The van der Waals surface area contributed by atoms with Crippen LogP contribution in [0.3, 0.4) is 0 Å². The standard InChI is InChI=1S/C24H20N6O5S/c1-15(26-18-7-10-21(11-8-18)36(34,35)29-16(2)31)17-3-5-19(6-4-17)27-28-24-14-25-23-12-9-20(30(32)33)13-22(23)24/h3-14,25H,1-2H3,(H,29,31). The first-order valence-corrected chi connectivity index (χ1v) is 12.1. The van der Waals surface area contributed by atoms with Crippen LogP contribution in [0, 0.1) is 10.1 Å². The Morgan fingerprint density at radius 2 is 1.61 bits per heavy atom. The average molecular weight is 505 g/mol. The highest BCUT2D eigenvalue weighted by Gasteiger charge is 2.15. The number of amides is 1. The van der Waals surface area contributed by atoms with E-state index in [1.165, 1.54) is 24.3 Å². The molecule has 182 valence electrons. The first kappa shape index (κ1) is 24.4. The van der Waals surface area contributed by atoms with E-state index >= 15 is 0 Å². The Balaban J connectivity index is 1.49. The van der Waals surface area contributed by atoms with Crippen molar-refractivity contribution in [3.63, 3.8) is 0 Å². The Hall–Kier alpha value is -4.71. The highest BCUT2D eigenvalue weighted by atomic mass is 32.2. The van der Waals surface area contributed by atoms with Gasteiger partial charge in [0.15, 0.2) is 0 Å². The summed E-state index contributed by atoms with van der Waals surface area (Å²) >= 11 is 0. The summed E-state index contributed by atoms with van der Waals surface area (Å²) in [6.45, 7) is 2.94. The maximum absolute atomic E-state index is 12.1. The van der Waals surface area contributed by atoms with Gasteiger partial charge < -0.3 is 4.98 Å². The van der Waals surface area contributed by atoms with Crippen LogP contribution < -0.4 is 4.72 Å². The number of hydrogen-bond donors (Lipinski definition) is 2. The summed E-state index contributed by atoms with van der Waals surface area (Å²) in [5, 5.41) is 20.1. The maximum Gasteiger partial charge on any atom is 0.270 e. The van der Waals surface area contributed by atoms with Crippen LogP contribution >= 0.6 is 0 Å². The third-order valence-electron chi connectivity index (χ3n) is 5.13. The van der Waals surface area contributed by atoms with Gasteiger partial charge in [-0.05, 0) is 55.0 Å². The van der Waals surface area contributed by atoms with Crippen LogP contribution in [0.5, 0.6) is 0 Å². The molecule has 0 aliphatic rings. The van der Waals surface area contributed by atoms with Gasteiger partial charge in [-0.2, -0.15) is 5.11 Å². The van der Waals surface area contributed by atoms with Crippen molar-refractivity contribution in [3.8, 4) is 0 Å². The second kappa shape index (κ2) is 9.88. The summed E-state index contributed by atoms with van der Waals surface area (Å²) in [4.78, 5) is 29.1. The number of nitro groups is 1. The topological polar surface area (TPSA) is 159 Å². The highest BCUT2D eigenvalue weighted by Crippen LogP contribution is 2.30. The molecule has 1 amide bonds.